The van der Waals surface area contributed by atoms with Crippen molar-refractivity contribution in [3.8, 4) is 0 Å². The Bertz CT molecular complexity index is 399. The number of ether oxygens (including phenoxy) is 2. The highest BCUT2D eigenvalue weighted by molar-refractivity contribution is 5.73. The molecule has 0 amide bonds. The van der Waals surface area contributed by atoms with E-state index in [9.17, 15) is 9.90 Å². The largest absolute Gasteiger partial charge is 0.466 e. The molecule has 0 radical (unpaired) electrons. The third kappa shape index (κ3) is 4.62. The molecule has 0 aliphatic heterocycles. The zero-order chi connectivity index (χ0) is 15.0. The van der Waals surface area contributed by atoms with Gasteiger partial charge in [0.15, 0.2) is 0 Å². The number of rotatable bonds is 8. The molecule has 4 nitrogen and oxygen atoms in total. The topological polar surface area (TPSA) is 55.8 Å². The van der Waals surface area contributed by atoms with Crippen molar-refractivity contribution in [2.24, 2.45) is 5.92 Å². The SMILES string of the molecule is CCCC(C(=O)OCC)C(O)c1ccc(COC)cc1. The highest BCUT2D eigenvalue weighted by Gasteiger charge is 2.28. The van der Waals surface area contributed by atoms with Crippen LogP contribution in [0, 0.1) is 5.92 Å². The van der Waals surface area contributed by atoms with Crippen LogP contribution in [0.3, 0.4) is 0 Å². The molecule has 0 saturated carbocycles. The van der Waals surface area contributed by atoms with Crippen molar-refractivity contribution in [1.29, 1.82) is 0 Å². The first-order chi connectivity index (χ1) is 9.63. The highest BCUT2D eigenvalue weighted by atomic mass is 16.5. The summed E-state index contributed by atoms with van der Waals surface area (Å²) in [5.74, 6) is -0.837. The summed E-state index contributed by atoms with van der Waals surface area (Å²) in [5, 5.41) is 10.4. The maximum Gasteiger partial charge on any atom is 0.311 e. The minimum Gasteiger partial charge on any atom is -0.466 e. The van der Waals surface area contributed by atoms with Gasteiger partial charge in [-0.2, -0.15) is 0 Å². The van der Waals surface area contributed by atoms with Crippen LogP contribution < -0.4 is 0 Å². The lowest BCUT2D eigenvalue weighted by molar-refractivity contribution is -0.152. The molecular weight excluding hydrogens is 256 g/mol. The molecule has 1 aromatic carbocycles. The average molecular weight is 280 g/mol. The Kier molecular flexibility index (Phi) is 7.26. The van der Waals surface area contributed by atoms with E-state index in [0.29, 0.717) is 19.6 Å². The van der Waals surface area contributed by atoms with Gasteiger partial charge in [-0.25, -0.2) is 0 Å². The van der Waals surface area contributed by atoms with Crippen molar-refractivity contribution in [2.45, 2.75) is 39.4 Å². The van der Waals surface area contributed by atoms with E-state index in [0.717, 1.165) is 17.5 Å². The monoisotopic (exact) mass is 280 g/mol. The lowest BCUT2D eigenvalue weighted by atomic mass is 9.91. The molecule has 4 heteroatoms. The lowest BCUT2D eigenvalue weighted by Gasteiger charge is -2.21. The lowest BCUT2D eigenvalue weighted by Crippen LogP contribution is -2.24. The summed E-state index contributed by atoms with van der Waals surface area (Å²) in [4.78, 5) is 11.9. The second-order valence-electron chi connectivity index (χ2n) is 4.77. The summed E-state index contributed by atoms with van der Waals surface area (Å²) in [5.41, 5.74) is 1.77. The summed E-state index contributed by atoms with van der Waals surface area (Å²) < 4.78 is 10.1. The second-order valence-corrected chi connectivity index (χ2v) is 4.77. The predicted molar refractivity (Wildman–Crippen MR) is 77.1 cm³/mol. The average Bonchev–Trinajstić information content (AvgIpc) is 2.45. The standard InChI is InChI=1S/C16H24O4/c1-4-6-14(16(18)20-5-2)15(17)13-9-7-12(8-10-13)11-19-3/h7-10,14-15,17H,4-6,11H2,1-3H3. The van der Waals surface area contributed by atoms with Gasteiger partial charge in [-0.1, -0.05) is 37.6 Å². The van der Waals surface area contributed by atoms with Crippen molar-refractivity contribution in [3.05, 3.63) is 35.4 Å². The number of carbonyl (C=O) groups excluding carboxylic acids is 1. The molecule has 1 aromatic rings. The van der Waals surface area contributed by atoms with E-state index in [4.69, 9.17) is 9.47 Å². The zero-order valence-electron chi connectivity index (χ0n) is 12.5. The molecule has 1 rings (SSSR count). The fraction of sp³-hybridized carbons (Fsp3) is 0.562. The Morgan fingerprint density at radius 1 is 1.25 bits per heavy atom. The van der Waals surface area contributed by atoms with Gasteiger partial charge in [0.2, 0.25) is 0 Å². The van der Waals surface area contributed by atoms with E-state index in [1.807, 2.05) is 31.2 Å². The summed E-state index contributed by atoms with van der Waals surface area (Å²) in [6.45, 7) is 4.62. The number of hydrogen-bond donors (Lipinski definition) is 1. The molecule has 0 bridgehead atoms. The fourth-order valence-electron chi connectivity index (χ4n) is 2.17. The Labute approximate surface area is 120 Å². The molecule has 0 spiro atoms. The van der Waals surface area contributed by atoms with Crippen molar-refractivity contribution < 1.29 is 19.4 Å². The highest BCUT2D eigenvalue weighted by Crippen LogP contribution is 2.27. The van der Waals surface area contributed by atoms with E-state index in [-0.39, 0.29) is 5.97 Å². The molecule has 0 saturated heterocycles. The number of methoxy groups -OCH3 is 1. The van der Waals surface area contributed by atoms with E-state index < -0.39 is 12.0 Å². The molecule has 2 atom stereocenters. The zero-order valence-corrected chi connectivity index (χ0v) is 12.5. The van der Waals surface area contributed by atoms with Crippen LogP contribution >= 0.6 is 0 Å². The van der Waals surface area contributed by atoms with Crippen LogP contribution in [0.25, 0.3) is 0 Å². The van der Waals surface area contributed by atoms with Crippen molar-refractivity contribution in [3.63, 3.8) is 0 Å². The van der Waals surface area contributed by atoms with Crippen molar-refractivity contribution in [2.75, 3.05) is 13.7 Å². The predicted octanol–water partition coefficient (Wildman–Crippen LogP) is 2.85. The summed E-state index contributed by atoms with van der Waals surface area (Å²) >= 11 is 0. The van der Waals surface area contributed by atoms with E-state index >= 15 is 0 Å². The summed E-state index contributed by atoms with van der Waals surface area (Å²) in [6.07, 6.45) is 0.605. The van der Waals surface area contributed by atoms with Crippen LogP contribution in [0.1, 0.15) is 43.9 Å². The number of benzene rings is 1. The van der Waals surface area contributed by atoms with Gasteiger partial charge >= 0.3 is 5.97 Å². The molecule has 0 aromatic heterocycles. The van der Waals surface area contributed by atoms with Crippen LogP contribution in [-0.4, -0.2) is 24.8 Å². The van der Waals surface area contributed by atoms with Gasteiger partial charge in [-0.05, 0) is 24.5 Å². The molecule has 1 N–H and O–H groups in total. The minimum absolute atomic E-state index is 0.331. The first-order valence-electron chi connectivity index (χ1n) is 7.06. The molecule has 112 valence electrons. The molecule has 0 aliphatic carbocycles. The van der Waals surface area contributed by atoms with Gasteiger partial charge in [0.1, 0.15) is 0 Å². The van der Waals surface area contributed by atoms with Gasteiger partial charge in [-0.3, -0.25) is 4.79 Å². The Balaban J connectivity index is 2.82. The van der Waals surface area contributed by atoms with Crippen LogP contribution in [0.2, 0.25) is 0 Å². The van der Waals surface area contributed by atoms with Gasteiger partial charge in [0, 0.05) is 7.11 Å². The summed E-state index contributed by atoms with van der Waals surface area (Å²) in [7, 11) is 1.64. The maximum atomic E-state index is 11.9. The molecule has 0 fully saturated rings. The van der Waals surface area contributed by atoms with Crippen LogP contribution in [0.5, 0.6) is 0 Å². The van der Waals surface area contributed by atoms with Crippen LogP contribution in [0.4, 0.5) is 0 Å². The first kappa shape index (κ1) is 16.7. The molecule has 0 aliphatic rings. The van der Waals surface area contributed by atoms with E-state index in [2.05, 4.69) is 0 Å². The Morgan fingerprint density at radius 3 is 2.40 bits per heavy atom. The molecule has 2 unspecified atom stereocenters. The second kappa shape index (κ2) is 8.72. The van der Waals surface area contributed by atoms with Gasteiger partial charge in [-0.15, -0.1) is 0 Å². The quantitative estimate of drug-likeness (QED) is 0.744. The van der Waals surface area contributed by atoms with Crippen LogP contribution in [-0.2, 0) is 20.9 Å². The Hall–Kier alpha value is -1.39. The third-order valence-electron chi connectivity index (χ3n) is 3.20. The van der Waals surface area contributed by atoms with Gasteiger partial charge in [0.05, 0.1) is 25.2 Å². The third-order valence-corrected chi connectivity index (χ3v) is 3.20. The Morgan fingerprint density at radius 2 is 1.90 bits per heavy atom. The summed E-state index contributed by atoms with van der Waals surface area (Å²) in [6, 6.07) is 7.47. The van der Waals surface area contributed by atoms with Gasteiger partial charge in [0.25, 0.3) is 0 Å². The maximum absolute atomic E-state index is 11.9. The normalized spacial score (nSPS) is 13.8. The smallest absolute Gasteiger partial charge is 0.311 e. The number of aliphatic hydroxyl groups is 1. The molecule has 20 heavy (non-hydrogen) atoms. The van der Waals surface area contributed by atoms with Gasteiger partial charge < -0.3 is 14.6 Å². The van der Waals surface area contributed by atoms with Crippen molar-refractivity contribution >= 4 is 5.97 Å². The number of hydrogen-bond acceptors (Lipinski definition) is 4. The van der Waals surface area contributed by atoms with Crippen molar-refractivity contribution in [1.82, 2.24) is 0 Å². The first-order valence-corrected chi connectivity index (χ1v) is 7.06. The van der Waals surface area contributed by atoms with Crippen LogP contribution in [0.15, 0.2) is 24.3 Å². The fourth-order valence-corrected chi connectivity index (χ4v) is 2.17. The number of carbonyl (C=O) groups is 1. The number of esters is 1. The minimum atomic E-state index is -0.828. The van der Waals surface area contributed by atoms with E-state index in [1.54, 1.807) is 14.0 Å². The van der Waals surface area contributed by atoms with E-state index in [1.165, 1.54) is 0 Å². The molecular formula is C16H24O4. The number of aliphatic hydroxyl groups excluding tert-OH is 1. The molecule has 0 heterocycles.